The van der Waals surface area contributed by atoms with Crippen molar-refractivity contribution in [2.75, 3.05) is 6.61 Å². The average Bonchev–Trinajstić information content (AvgIpc) is 2.96. The van der Waals surface area contributed by atoms with Crippen molar-refractivity contribution in [2.45, 2.75) is 43.2 Å². The van der Waals surface area contributed by atoms with E-state index in [0.717, 1.165) is 12.1 Å². The zero-order valence-electron chi connectivity index (χ0n) is 21.9. The third kappa shape index (κ3) is 6.31. The van der Waals surface area contributed by atoms with Crippen LogP contribution in [0, 0.1) is 0 Å². The van der Waals surface area contributed by atoms with Crippen molar-refractivity contribution in [1.29, 1.82) is 0 Å². The van der Waals surface area contributed by atoms with Crippen molar-refractivity contribution in [3.63, 3.8) is 0 Å². The van der Waals surface area contributed by atoms with Gasteiger partial charge in [-0.2, -0.15) is 0 Å². The maximum atomic E-state index is 12.8. The summed E-state index contributed by atoms with van der Waals surface area (Å²) in [5, 5.41) is 60.7. The fourth-order valence-corrected chi connectivity index (χ4v) is 4.61. The monoisotopic (exact) mass is 580 g/mol. The molecule has 0 bridgehead atoms. The molecule has 2 aliphatic rings. The summed E-state index contributed by atoms with van der Waals surface area (Å²) in [6.45, 7) is -0.495. The van der Waals surface area contributed by atoms with E-state index in [-0.39, 0.29) is 40.8 Å². The Morgan fingerprint density at radius 2 is 1.57 bits per heavy atom. The van der Waals surface area contributed by atoms with Crippen LogP contribution in [0.15, 0.2) is 66.7 Å². The van der Waals surface area contributed by atoms with E-state index in [0.29, 0.717) is 11.1 Å². The van der Waals surface area contributed by atoms with Crippen molar-refractivity contribution in [3.8, 4) is 28.7 Å². The van der Waals surface area contributed by atoms with Gasteiger partial charge in [0.15, 0.2) is 5.78 Å². The van der Waals surface area contributed by atoms with Crippen molar-refractivity contribution >= 4 is 17.8 Å². The predicted molar refractivity (Wildman–Crippen MR) is 144 cm³/mol. The van der Waals surface area contributed by atoms with Crippen molar-refractivity contribution in [3.05, 3.63) is 83.4 Å². The number of hydrogen-bond donors (Lipinski definition) is 6. The van der Waals surface area contributed by atoms with E-state index < -0.39 is 55.1 Å². The zero-order chi connectivity index (χ0) is 30.0. The average molecular weight is 581 g/mol. The number of carbonyl (C=O) groups is 2. The standard InChI is InChI=1S/C30H28O12/c31-17-6-1-15(2-7-17)3-10-25(35)39-14-24-27(36)28(37)29(38)30(42-24)40-19-11-20(33)26-21(34)13-22(41-23(26)12-19)16-4-8-18(32)9-5-16/h1-12,22,24,27-33,36-38H,13-14H2/t22?,24-,27-,28+,29-,30-/m1/s1. The first-order valence-corrected chi connectivity index (χ1v) is 12.9. The Balaban J connectivity index is 1.26. The molecule has 2 aliphatic heterocycles. The number of ether oxygens (including phenoxy) is 4. The summed E-state index contributed by atoms with van der Waals surface area (Å²) in [6, 6.07) is 14.6. The number of Topliss-reactive ketones (excluding diaryl/α,β-unsaturated/α-hetero) is 1. The molecule has 12 heteroatoms. The first-order chi connectivity index (χ1) is 20.1. The normalized spacial score (nSPS) is 25.5. The second-order valence-electron chi connectivity index (χ2n) is 9.83. The van der Waals surface area contributed by atoms with Gasteiger partial charge < -0.3 is 49.6 Å². The van der Waals surface area contributed by atoms with Crippen LogP contribution in [-0.2, 0) is 14.3 Å². The van der Waals surface area contributed by atoms with Gasteiger partial charge in [-0.25, -0.2) is 4.79 Å². The van der Waals surface area contributed by atoms with E-state index in [4.69, 9.17) is 18.9 Å². The highest BCUT2D eigenvalue weighted by molar-refractivity contribution is 6.02. The van der Waals surface area contributed by atoms with Gasteiger partial charge in [-0.3, -0.25) is 4.79 Å². The summed E-state index contributed by atoms with van der Waals surface area (Å²) in [5.74, 6) is -1.55. The fourth-order valence-electron chi connectivity index (χ4n) is 4.61. The summed E-state index contributed by atoms with van der Waals surface area (Å²) in [4.78, 5) is 25.0. The Labute approximate surface area is 239 Å². The third-order valence-corrected chi connectivity index (χ3v) is 6.85. The van der Waals surface area contributed by atoms with E-state index in [1.54, 1.807) is 24.3 Å². The molecule has 0 amide bonds. The highest BCUT2D eigenvalue weighted by Gasteiger charge is 2.45. The molecule has 0 saturated carbocycles. The lowest BCUT2D eigenvalue weighted by atomic mass is 9.95. The quantitative estimate of drug-likeness (QED) is 0.176. The first kappa shape index (κ1) is 28.9. The summed E-state index contributed by atoms with van der Waals surface area (Å²) in [7, 11) is 0. The second kappa shape index (κ2) is 12.1. The van der Waals surface area contributed by atoms with Crippen molar-refractivity contribution < 1.29 is 59.2 Å². The third-order valence-electron chi connectivity index (χ3n) is 6.85. The highest BCUT2D eigenvalue weighted by atomic mass is 16.7. The molecule has 220 valence electrons. The number of phenolic OH excluding ortho intramolecular Hbond substituents is 3. The van der Waals surface area contributed by atoms with Gasteiger partial charge in [-0.05, 0) is 41.5 Å². The molecule has 42 heavy (non-hydrogen) atoms. The number of aliphatic hydroxyl groups excluding tert-OH is 3. The van der Waals surface area contributed by atoms with Crippen LogP contribution < -0.4 is 9.47 Å². The molecule has 3 aromatic rings. The summed E-state index contributed by atoms with van der Waals surface area (Å²) in [5.41, 5.74) is 1.19. The van der Waals surface area contributed by atoms with Gasteiger partial charge in [-0.15, -0.1) is 0 Å². The van der Waals surface area contributed by atoms with Gasteiger partial charge >= 0.3 is 5.97 Å². The Kier molecular flexibility index (Phi) is 8.31. The Hall–Kier alpha value is -4.62. The molecule has 6 atom stereocenters. The van der Waals surface area contributed by atoms with Gasteiger partial charge in [-0.1, -0.05) is 24.3 Å². The number of esters is 1. The van der Waals surface area contributed by atoms with Crippen LogP contribution in [0.2, 0.25) is 0 Å². The summed E-state index contributed by atoms with van der Waals surface area (Å²) in [6.07, 6.45) is -6.12. The lowest BCUT2D eigenvalue weighted by molar-refractivity contribution is -0.278. The molecule has 3 aromatic carbocycles. The van der Waals surface area contributed by atoms with E-state index in [1.807, 2.05) is 0 Å². The molecule has 6 N–H and O–H groups in total. The minimum Gasteiger partial charge on any atom is -0.508 e. The Morgan fingerprint density at radius 3 is 2.26 bits per heavy atom. The molecule has 1 unspecified atom stereocenters. The lowest BCUT2D eigenvalue weighted by Gasteiger charge is -2.40. The van der Waals surface area contributed by atoms with E-state index in [9.17, 15) is 40.2 Å². The highest BCUT2D eigenvalue weighted by Crippen LogP contribution is 2.42. The molecular formula is C30H28O12. The van der Waals surface area contributed by atoms with Crippen LogP contribution in [-0.4, -0.2) is 79.7 Å². The zero-order valence-corrected chi connectivity index (χ0v) is 21.9. The molecule has 0 aliphatic carbocycles. The number of benzene rings is 3. The number of aromatic hydroxyl groups is 3. The molecule has 2 heterocycles. The van der Waals surface area contributed by atoms with Gasteiger partial charge in [0.25, 0.3) is 0 Å². The molecule has 12 nitrogen and oxygen atoms in total. The SMILES string of the molecule is O=C(C=Cc1ccc(O)cc1)OC[C@H]1O[C@@H](Oc2cc(O)c3c(c2)OC(c2ccc(O)cc2)CC3=O)[C@H](O)[C@@H](O)[C@@H]1O. The van der Waals surface area contributed by atoms with E-state index in [2.05, 4.69) is 0 Å². The maximum Gasteiger partial charge on any atom is 0.330 e. The summed E-state index contributed by atoms with van der Waals surface area (Å²) >= 11 is 0. The van der Waals surface area contributed by atoms with E-state index in [1.165, 1.54) is 36.4 Å². The van der Waals surface area contributed by atoms with E-state index >= 15 is 0 Å². The molecule has 1 fully saturated rings. The molecule has 0 spiro atoms. The number of aliphatic hydroxyl groups is 3. The van der Waals surface area contributed by atoms with Crippen LogP contribution >= 0.6 is 0 Å². The Morgan fingerprint density at radius 1 is 0.905 bits per heavy atom. The molecule has 5 rings (SSSR count). The van der Waals surface area contributed by atoms with Crippen LogP contribution in [0.1, 0.15) is 34.0 Å². The van der Waals surface area contributed by atoms with Crippen LogP contribution in [0.4, 0.5) is 0 Å². The van der Waals surface area contributed by atoms with Crippen LogP contribution in [0.3, 0.4) is 0 Å². The van der Waals surface area contributed by atoms with Gasteiger partial charge in [0.05, 0.1) is 6.42 Å². The summed E-state index contributed by atoms with van der Waals surface area (Å²) < 4.78 is 22.3. The number of ketones is 1. The second-order valence-corrected chi connectivity index (χ2v) is 9.83. The van der Waals surface area contributed by atoms with Gasteiger partial charge in [0.2, 0.25) is 6.29 Å². The maximum absolute atomic E-state index is 12.8. The van der Waals surface area contributed by atoms with Gasteiger partial charge in [0, 0.05) is 18.2 Å². The predicted octanol–water partition coefficient (Wildman–Crippen LogP) is 1.95. The number of carbonyl (C=O) groups excluding carboxylic acids is 2. The topological polar surface area (TPSA) is 192 Å². The minimum atomic E-state index is -1.73. The number of phenols is 3. The fraction of sp³-hybridized carbons (Fsp3) is 0.267. The first-order valence-electron chi connectivity index (χ1n) is 12.9. The number of hydrogen-bond acceptors (Lipinski definition) is 12. The largest absolute Gasteiger partial charge is 0.508 e. The van der Waals surface area contributed by atoms with Crippen LogP contribution in [0.25, 0.3) is 6.08 Å². The van der Waals surface area contributed by atoms with Crippen LogP contribution in [0.5, 0.6) is 28.7 Å². The Bertz CT molecular complexity index is 1470. The van der Waals surface area contributed by atoms with Crippen molar-refractivity contribution in [2.24, 2.45) is 0 Å². The molecule has 1 saturated heterocycles. The molecular weight excluding hydrogens is 552 g/mol. The van der Waals surface area contributed by atoms with Crippen molar-refractivity contribution in [1.82, 2.24) is 0 Å². The van der Waals surface area contributed by atoms with Gasteiger partial charge in [0.1, 0.15) is 71.4 Å². The minimum absolute atomic E-state index is 0.0103. The number of fused-ring (bicyclic) bond motifs is 1. The number of rotatable bonds is 7. The molecule has 0 radical (unpaired) electrons. The molecule has 0 aromatic heterocycles. The smallest absolute Gasteiger partial charge is 0.330 e. The lowest BCUT2D eigenvalue weighted by Crippen LogP contribution is -2.60.